The van der Waals surface area contributed by atoms with Gasteiger partial charge in [0.25, 0.3) is 11.7 Å². The fourth-order valence-electron chi connectivity index (χ4n) is 3.90. The third-order valence-corrected chi connectivity index (χ3v) is 5.76. The molecule has 0 spiro atoms. The van der Waals surface area contributed by atoms with Gasteiger partial charge >= 0.3 is 0 Å². The molecule has 1 amide bonds. The van der Waals surface area contributed by atoms with Crippen LogP contribution in [0, 0.1) is 0 Å². The maximum Gasteiger partial charge on any atom is 0.295 e. The van der Waals surface area contributed by atoms with Gasteiger partial charge in [0.2, 0.25) is 0 Å². The van der Waals surface area contributed by atoms with Gasteiger partial charge in [-0.1, -0.05) is 23.7 Å². The average molecular weight is 488 g/mol. The number of carbonyl (C=O) groups excluding carboxylic acids is 2. The molecule has 0 bridgehead atoms. The summed E-state index contributed by atoms with van der Waals surface area (Å²) < 4.78 is 16.5. The predicted octanol–water partition coefficient (Wildman–Crippen LogP) is 4.98. The smallest absolute Gasteiger partial charge is 0.295 e. The number of hydrogen-bond acceptors (Lipinski definition) is 6. The van der Waals surface area contributed by atoms with E-state index < -0.39 is 17.7 Å². The Kier molecular flexibility index (Phi) is 8.58. The molecule has 8 heteroatoms. The van der Waals surface area contributed by atoms with E-state index in [9.17, 15) is 14.7 Å². The van der Waals surface area contributed by atoms with Gasteiger partial charge in [-0.25, -0.2) is 0 Å². The van der Waals surface area contributed by atoms with E-state index in [2.05, 4.69) is 0 Å². The van der Waals surface area contributed by atoms with Crippen molar-refractivity contribution in [1.29, 1.82) is 0 Å². The molecular weight excluding hydrogens is 458 g/mol. The lowest BCUT2D eigenvalue weighted by molar-refractivity contribution is -0.140. The highest BCUT2D eigenvalue weighted by Gasteiger charge is 2.46. The van der Waals surface area contributed by atoms with Crippen LogP contribution in [0.4, 0.5) is 0 Å². The number of carbonyl (C=O) groups is 2. The van der Waals surface area contributed by atoms with Crippen molar-refractivity contribution in [2.24, 2.45) is 0 Å². The van der Waals surface area contributed by atoms with Crippen molar-refractivity contribution < 1.29 is 28.9 Å². The molecule has 2 aromatic carbocycles. The molecule has 1 aliphatic rings. The first-order chi connectivity index (χ1) is 16.3. The first-order valence-electron chi connectivity index (χ1n) is 11.2. The molecular formula is C26H30ClNO6. The quantitative estimate of drug-likeness (QED) is 0.220. The molecule has 0 aliphatic carbocycles. The number of halogens is 1. The summed E-state index contributed by atoms with van der Waals surface area (Å²) in [5, 5.41) is 11.6. The summed E-state index contributed by atoms with van der Waals surface area (Å²) in [6.45, 7) is 6.81. The predicted molar refractivity (Wildman–Crippen MR) is 130 cm³/mol. The van der Waals surface area contributed by atoms with Crippen LogP contribution >= 0.6 is 11.6 Å². The number of methoxy groups -OCH3 is 1. The molecule has 1 N–H and O–H groups in total. The number of nitrogens with zero attached hydrogens (tertiary/aromatic N) is 1. The van der Waals surface area contributed by atoms with Gasteiger partial charge in [-0.3, -0.25) is 9.59 Å². The van der Waals surface area contributed by atoms with Crippen molar-refractivity contribution in [2.45, 2.75) is 39.3 Å². The minimum atomic E-state index is -0.777. The molecule has 0 saturated carbocycles. The average Bonchev–Trinajstić information content (AvgIpc) is 3.07. The lowest BCUT2D eigenvalue weighted by Crippen LogP contribution is -2.31. The Labute approximate surface area is 204 Å². The second-order valence-electron chi connectivity index (χ2n) is 8.12. The molecule has 0 radical (unpaired) electrons. The van der Waals surface area contributed by atoms with Crippen molar-refractivity contribution in [3.63, 3.8) is 0 Å². The molecule has 1 fully saturated rings. The molecule has 1 heterocycles. The number of aliphatic hydroxyl groups is 1. The summed E-state index contributed by atoms with van der Waals surface area (Å²) in [7, 11) is 1.54. The number of amides is 1. The molecule has 2 aromatic rings. The van der Waals surface area contributed by atoms with Gasteiger partial charge in [-0.2, -0.15) is 0 Å². The topological polar surface area (TPSA) is 85.3 Å². The highest BCUT2D eigenvalue weighted by Crippen LogP contribution is 2.41. The van der Waals surface area contributed by atoms with E-state index >= 15 is 0 Å². The summed E-state index contributed by atoms with van der Waals surface area (Å²) >= 11 is 6.19. The Morgan fingerprint density at radius 2 is 1.94 bits per heavy atom. The molecule has 3 rings (SSSR count). The number of aliphatic hydroxyl groups excluding tert-OH is 1. The van der Waals surface area contributed by atoms with Gasteiger partial charge in [-0.05, 0) is 63.1 Å². The Morgan fingerprint density at radius 3 is 2.62 bits per heavy atom. The second-order valence-corrected chi connectivity index (χ2v) is 8.53. The van der Waals surface area contributed by atoms with Crippen LogP contribution in [0.15, 0.2) is 48.0 Å². The molecule has 1 unspecified atom stereocenters. The van der Waals surface area contributed by atoms with Crippen molar-refractivity contribution in [3.8, 4) is 11.5 Å². The number of hydrogen-bond donors (Lipinski definition) is 1. The number of ketones is 1. The number of rotatable bonds is 10. The lowest BCUT2D eigenvalue weighted by Gasteiger charge is -2.26. The number of likely N-dealkylation sites (tertiary alicyclic amines) is 1. The van der Waals surface area contributed by atoms with Crippen LogP contribution in [-0.2, 0) is 14.3 Å². The Bertz CT molecular complexity index is 1080. The number of Topliss-reactive ketones (excluding diaryl/α,β-unsaturated/α-hetero) is 1. The maximum absolute atomic E-state index is 13.2. The van der Waals surface area contributed by atoms with Crippen LogP contribution in [0.1, 0.15) is 44.4 Å². The highest BCUT2D eigenvalue weighted by molar-refractivity contribution is 6.46. The number of benzene rings is 2. The zero-order valence-electron chi connectivity index (χ0n) is 19.8. The first-order valence-corrected chi connectivity index (χ1v) is 11.6. The van der Waals surface area contributed by atoms with Crippen molar-refractivity contribution in [3.05, 3.63) is 64.2 Å². The molecule has 34 heavy (non-hydrogen) atoms. The number of ether oxygens (including phenoxy) is 3. The fraction of sp³-hybridized carbons (Fsp3) is 0.385. The molecule has 7 nitrogen and oxygen atoms in total. The molecule has 1 saturated heterocycles. The minimum absolute atomic E-state index is 0.00722. The maximum atomic E-state index is 13.2. The van der Waals surface area contributed by atoms with E-state index in [1.807, 2.05) is 20.8 Å². The summed E-state index contributed by atoms with van der Waals surface area (Å²) in [6.07, 6.45) is 0.607. The largest absolute Gasteiger partial charge is 0.507 e. The second kappa shape index (κ2) is 11.4. The SMILES string of the molecule is CCOc1cc(/C(O)=C2/C(=O)C(=O)N(CCCOC(C)C)C2c2cccc(OC)c2)ccc1Cl. The van der Waals surface area contributed by atoms with Gasteiger partial charge in [0.1, 0.15) is 17.3 Å². The van der Waals surface area contributed by atoms with E-state index in [-0.39, 0.29) is 17.4 Å². The Morgan fingerprint density at radius 1 is 1.18 bits per heavy atom. The van der Waals surface area contributed by atoms with Crippen LogP contribution in [0.3, 0.4) is 0 Å². The Balaban J connectivity index is 2.08. The minimum Gasteiger partial charge on any atom is -0.507 e. The van der Waals surface area contributed by atoms with E-state index in [1.165, 1.54) is 4.90 Å². The van der Waals surface area contributed by atoms with Gasteiger partial charge in [0.15, 0.2) is 0 Å². The van der Waals surface area contributed by atoms with E-state index in [0.29, 0.717) is 53.8 Å². The van der Waals surface area contributed by atoms with Crippen LogP contribution < -0.4 is 9.47 Å². The summed E-state index contributed by atoms with van der Waals surface area (Å²) in [4.78, 5) is 27.7. The van der Waals surface area contributed by atoms with Gasteiger partial charge in [0, 0.05) is 18.7 Å². The first kappa shape index (κ1) is 25.6. The standard InChI is InChI=1S/C26H30ClNO6/c1-5-33-21-15-18(10-11-20(21)27)24(29)22-23(17-8-6-9-19(14-17)32-4)28(26(31)25(22)30)12-7-13-34-16(2)3/h6,8-11,14-16,23,29H,5,7,12-13H2,1-4H3/b24-22-. The third kappa shape index (κ3) is 5.54. The molecule has 0 aromatic heterocycles. The van der Waals surface area contributed by atoms with Gasteiger partial charge < -0.3 is 24.2 Å². The van der Waals surface area contributed by atoms with Gasteiger partial charge in [-0.15, -0.1) is 0 Å². The molecule has 1 aliphatic heterocycles. The Hall–Kier alpha value is -3.03. The summed E-state index contributed by atoms with van der Waals surface area (Å²) in [5.74, 6) is -0.742. The highest BCUT2D eigenvalue weighted by atomic mass is 35.5. The molecule has 1 atom stereocenters. The summed E-state index contributed by atoms with van der Waals surface area (Å²) in [5.41, 5.74) is 0.999. The lowest BCUT2D eigenvalue weighted by atomic mass is 9.95. The normalized spacial score (nSPS) is 17.5. The monoisotopic (exact) mass is 487 g/mol. The van der Waals surface area contributed by atoms with Crippen LogP contribution in [0.2, 0.25) is 5.02 Å². The van der Waals surface area contributed by atoms with Crippen LogP contribution in [-0.4, -0.2) is 54.7 Å². The molecule has 182 valence electrons. The van der Waals surface area contributed by atoms with Gasteiger partial charge in [0.05, 0.1) is 36.5 Å². The van der Waals surface area contributed by atoms with E-state index in [0.717, 1.165) is 0 Å². The van der Waals surface area contributed by atoms with Crippen LogP contribution in [0.5, 0.6) is 11.5 Å². The van der Waals surface area contributed by atoms with Crippen molar-refractivity contribution in [2.75, 3.05) is 26.9 Å². The fourth-order valence-corrected chi connectivity index (χ4v) is 4.07. The van der Waals surface area contributed by atoms with Crippen molar-refractivity contribution in [1.82, 2.24) is 4.90 Å². The van der Waals surface area contributed by atoms with E-state index in [4.69, 9.17) is 25.8 Å². The van der Waals surface area contributed by atoms with Crippen molar-refractivity contribution >= 4 is 29.1 Å². The third-order valence-electron chi connectivity index (χ3n) is 5.45. The zero-order chi connectivity index (χ0) is 24.8. The zero-order valence-corrected chi connectivity index (χ0v) is 20.6. The van der Waals surface area contributed by atoms with Crippen LogP contribution in [0.25, 0.3) is 5.76 Å². The summed E-state index contributed by atoms with van der Waals surface area (Å²) in [6, 6.07) is 11.1. The van der Waals surface area contributed by atoms with E-state index in [1.54, 1.807) is 49.6 Å².